The monoisotopic (exact) mass is 260 g/mol. The molecule has 102 valence electrons. The summed E-state index contributed by atoms with van der Waals surface area (Å²) in [5.74, 6) is 0.550. The second-order valence-corrected chi connectivity index (χ2v) is 5.19. The predicted octanol–water partition coefficient (Wildman–Crippen LogP) is 1.72. The lowest BCUT2D eigenvalue weighted by Crippen LogP contribution is -2.37. The third-order valence-corrected chi connectivity index (χ3v) is 3.19. The second-order valence-electron chi connectivity index (χ2n) is 5.19. The molecular formula is C15H20N2O2. The number of hydrogen-bond donors (Lipinski definition) is 2. The Morgan fingerprint density at radius 1 is 1.26 bits per heavy atom. The van der Waals surface area contributed by atoms with E-state index in [-0.39, 0.29) is 17.9 Å². The minimum atomic E-state index is -0.160. The molecule has 1 aromatic carbocycles. The largest absolute Gasteiger partial charge is 0.356 e. The molecule has 0 spiro atoms. The van der Waals surface area contributed by atoms with Gasteiger partial charge in [-0.25, -0.2) is 0 Å². The summed E-state index contributed by atoms with van der Waals surface area (Å²) in [6, 6.07) is 8.87. The Balaban J connectivity index is 1.72. The third kappa shape index (κ3) is 4.73. The fourth-order valence-corrected chi connectivity index (χ4v) is 1.88. The lowest BCUT2D eigenvalue weighted by atomic mass is 10.1. The maximum atomic E-state index is 11.9. The van der Waals surface area contributed by atoms with Crippen molar-refractivity contribution >= 4 is 11.8 Å². The molecule has 2 N–H and O–H groups in total. The van der Waals surface area contributed by atoms with Crippen LogP contribution in [-0.4, -0.2) is 24.4 Å². The van der Waals surface area contributed by atoms with E-state index in [9.17, 15) is 9.59 Å². The predicted molar refractivity (Wildman–Crippen MR) is 73.7 cm³/mol. The van der Waals surface area contributed by atoms with Crippen molar-refractivity contribution < 1.29 is 9.59 Å². The Morgan fingerprint density at radius 2 is 1.95 bits per heavy atom. The van der Waals surface area contributed by atoms with Crippen molar-refractivity contribution in [2.45, 2.75) is 32.2 Å². The van der Waals surface area contributed by atoms with Crippen LogP contribution in [0.5, 0.6) is 0 Å². The van der Waals surface area contributed by atoms with E-state index in [1.165, 1.54) is 12.8 Å². The van der Waals surface area contributed by atoms with Gasteiger partial charge in [0.25, 0.3) is 5.91 Å². The number of carbonyl (C=O) groups excluding carboxylic acids is 2. The van der Waals surface area contributed by atoms with Crippen molar-refractivity contribution in [1.29, 1.82) is 0 Å². The summed E-state index contributed by atoms with van der Waals surface area (Å²) in [6.45, 7) is 2.62. The SMILES string of the molecule is CC(CC(=O)NCC1CC1)NC(=O)c1ccccc1. The van der Waals surface area contributed by atoms with E-state index in [0.717, 1.165) is 6.54 Å². The van der Waals surface area contributed by atoms with E-state index in [4.69, 9.17) is 0 Å². The van der Waals surface area contributed by atoms with E-state index >= 15 is 0 Å². The molecule has 19 heavy (non-hydrogen) atoms. The first-order valence-electron chi connectivity index (χ1n) is 6.78. The standard InChI is InChI=1S/C15H20N2O2/c1-11(9-14(18)16-10-12-7-8-12)17-15(19)13-5-3-2-4-6-13/h2-6,11-12H,7-10H2,1H3,(H,16,18)(H,17,19). The van der Waals surface area contributed by atoms with Crippen molar-refractivity contribution in [2.24, 2.45) is 5.92 Å². The topological polar surface area (TPSA) is 58.2 Å². The van der Waals surface area contributed by atoms with Gasteiger partial charge >= 0.3 is 0 Å². The van der Waals surface area contributed by atoms with Crippen LogP contribution >= 0.6 is 0 Å². The van der Waals surface area contributed by atoms with Crippen LogP contribution in [0.1, 0.15) is 36.5 Å². The first-order valence-corrected chi connectivity index (χ1v) is 6.78. The number of carbonyl (C=O) groups is 2. The van der Waals surface area contributed by atoms with Crippen molar-refractivity contribution in [2.75, 3.05) is 6.54 Å². The zero-order valence-corrected chi connectivity index (χ0v) is 11.2. The van der Waals surface area contributed by atoms with Gasteiger partial charge in [0, 0.05) is 24.6 Å². The molecule has 0 heterocycles. The third-order valence-electron chi connectivity index (χ3n) is 3.19. The number of rotatable bonds is 6. The van der Waals surface area contributed by atoms with Crippen LogP contribution in [0, 0.1) is 5.92 Å². The van der Waals surface area contributed by atoms with Crippen LogP contribution in [0.3, 0.4) is 0 Å². The molecule has 1 atom stereocenters. The van der Waals surface area contributed by atoms with E-state index < -0.39 is 0 Å². The van der Waals surface area contributed by atoms with Crippen LogP contribution in [0.25, 0.3) is 0 Å². The Hall–Kier alpha value is -1.84. The number of nitrogens with one attached hydrogen (secondary N) is 2. The zero-order chi connectivity index (χ0) is 13.7. The summed E-state index contributed by atoms with van der Waals surface area (Å²) < 4.78 is 0. The minimum absolute atomic E-state index is 0.00719. The highest BCUT2D eigenvalue weighted by atomic mass is 16.2. The normalized spacial score (nSPS) is 15.6. The van der Waals surface area contributed by atoms with Crippen LogP contribution in [-0.2, 0) is 4.79 Å². The average Bonchev–Trinajstić information content (AvgIpc) is 3.21. The molecule has 4 heteroatoms. The molecule has 0 saturated heterocycles. The number of hydrogen-bond acceptors (Lipinski definition) is 2. The summed E-state index contributed by atoms with van der Waals surface area (Å²) in [5, 5.41) is 5.73. The van der Waals surface area contributed by atoms with Gasteiger partial charge in [-0.3, -0.25) is 9.59 Å². The van der Waals surface area contributed by atoms with Gasteiger partial charge in [-0.05, 0) is 37.8 Å². The lowest BCUT2D eigenvalue weighted by molar-refractivity contribution is -0.121. The van der Waals surface area contributed by atoms with Gasteiger partial charge in [-0.15, -0.1) is 0 Å². The van der Waals surface area contributed by atoms with Crippen LogP contribution < -0.4 is 10.6 Å². The van der Waals surface area contributed by atoms with E-state index in [1.807, 2.05) is 25.1 Å². The van der Waals surface area contributed by atoms with Gasteiger partial charge in [0.15, 0.2) is 0 Å². The molecular weight excluding hydrogens is 240 g/mol. The van der Waals surface area contributed by atoms with E-state index in [0.29, 0.717) is 17.9 Å². The van der Waals surface area contributed by atoms with Crippen molar-refractivity contribution in [3.05, 3.63) is 35.9 Å². The highest BCUT2D eigenvalue weighted by Gasteiger charge is 2.22. The van der Waals surface area contributed by atoms with Crippen molar-refractivity contribution in [3.63, 3.8) is 0 Å². The highest BCUT2D eigenvalue weighted by molar-refractivity contribution is 5.94. The smallest absolute Gasteiger partial charge is 0.251 e. The molecule has 1 aliphatic carbocycles. The molecule has 1 aromatic rings. The van der Waals surface area contributed by atoms with Crippen molar-refractivity contribution in [1.82, 2.24) is 10.6 Å². The van der Waals surface area contributed by atoms with Crippen molar-refractivity contribution in [3.8, 4) is 0 Å². The van der Waals surface area contributed by atoms with E-state index in [1.54, 1.807) is 12.1 Å². The van der Waals surface area contributed by atoms with Gasteiger partial charge in [0.05, 0.1) is 0 Å². The zero-order valence-electron chi connectivity index (χ0n) is 11.2. The first-order chi connectivity index (χ1) is 9.15. The van der Waals surface area contributed by atoms with Gasteiger partial charge in [-0.2, -0.15) is 0 Å². The fourth-order valence-electron chi connectivity index (χ4n) is 1.88. The number of benzene rings is 1. The molecule has 4 nitrogen and oxygen atoms in total. The first kappa shape index (κ1) is 13.6. The maximum Gasteiger partial charge on any atom is 0.251 e. The van der Waals surface area contributed by atoms with Crippen LogP contribution in [0.4, 0.5) is 0 Å². The Bertz CT molecular complexity index is 441. The molecule has 2 amide bonds. The van der Waals surface area contributed by atoms with Gasteiger partial charge in [-0.1, -0.05) is 18.2 Å². The molecule has 0 aliphatic heterocycles. The van der Waals surface area contributed by atoms with Gasteiger partial charge in [0.2, 0.25) is 5.91 Å². The average molecular weight is 260 g/mol. The fraction of sp³-hybridized carbons (Fsp3) is 0.467. The maximum absolute atomic E-state index is 11.9. The van der Waals surface area contributed by atoms with Gasteiger partial charge < -0.3 is 10.6 Å². The summed E-state index contributed by atoms with van der Waals surface area (Å²) in [5.41, 5.74) is 0.618. The summed E-state index contributed by atoms with van der Waals surface area (Å²) in [6.07, 6.45) is 2.77. The minimum Gasteiger partial charge on any atom is -0.356 e. The summed E-state index contributed by atoms with van der Waals surface area (Å²) in [7, 11) is 0. The molecule has 0 aromatic heterocycles. The lowest BCUT2D eigenvalue weighted by Gasteiger charge is -2.13. The number of amides is 2. The van der Waals surface area contributed by atoms with Crippen LogP contribution in [0.15, 0.2) is 30.3 Å². The Labute approximate surface area is 113 Å². The Kier molecular flexibility index (Phi) is 4.55. The summed E-state index contributed by atoms with van der Waals surface area (Å²) >= 11 is 0. The van der Waals surface area contributed by atoms with Gasteiger partial charge in [0.1, 0.15) is 0 Å². The Morgan fingerprint density at radius 3 is 2.58 bits per heavy atom. The molecule has 0 radical (unpaired) electrons. The van der Waals surface area contributed by atoms with Crippen LogP contribution in [0.2, 0.25) is 0 Å². The molecule has 1 fully saturated rings. The molecule has 1 unspecified atom stereocenters. The van der Waals surface area contributed by atoms with E-state index in [2.05, 4.69) is 10.6 Å². The quantitative estimate of drug-likeness (QED) is 0.818. The molecule has 0 bridgehead atoms. The highest BCUT2D eigenvalue weighted by Crippen LogP contribution is 2.27. The second kappa shape index (κ2) is 6.36. The summed E-state index contributed by atoms with van der Waals surface area (Å²) in [4.78, 5) is 23.5. The molecule has 1 aliphatic rings. The molecule has 2 rings (SSSR count). The molecule has 1 saturated carbocycles.